The van der Waals surface area contributed by atoms with Crippen LogP contribution in [0.4, 0.5) is 0 Å². The number of sulfone groups is 1. The number of rotatable bonds is 2. The first-order valence-electron chi connectivity index (χ1n) is 5.87. The summed E-state index contributed by atoms with van der Waals surface area (Å²) in [4.78, 5) is 34.4. The average molecular weight is 306 g/mol. The maximum atomic E-state index is 11.6. The fourth-order valence-electron chi connectivity index (χ4n) is 1.93. The van der Waals surface area contributed by atoms with E-state index in [-0.39, 0.29) is 16.1 Å². The number of aromatic nitrogens is 4. The number of hydrogen-bond donors (Lipinski definition) is 3. The lowest BCUT2D eigenvalue weighted by atomic mass is 10.2. The van der Waals surface area contributed by atoms with E-state index in [1.807, 2.05) is 0 Å². The number of imidazole rings is 1. The summed E-state index contributed by atoms with van der Waals surface area (Å²) in [6, 6.07) is 6.04. The molecular weight excluding hydrogens is 296 g/mol. The molecule has 9 heteroatoms. The summed E-state index contributed by atoms with van der Waals surface area (Å²) >= 11 is 0. The lowest BCUT2D eigenvalue weighted by Crippen LogP contribution is -2.21. The van der Waals surface area contributed by atoms with Crippen LogP contribution in [0.3, 0.4) is 0 Å². The molecule has 8 nitrogen and oxygen atoms in total. The van der Waals surface area contributed by atoms with Crippen molar-refractivity contribution in [2.45, 2.75) is 4.90 Å². The second-order valence-corrected chi connectivity index (χ2v) is 6.53. The maximum absolute atomic E-state index is 11.6. The van der Waals surface area contributed by atoms with Gasteiger partial charge >= 0.3 is 5.69 Å². The maximum Gasteiger partial charge on any atom is 0.327 e. The van der Waals surface area contributed by atoms with E-state index in [0.717, 1.165) is 6.26 Å². The Morgan fingerprint density at radius 1 is 1.00 bits per heavy atom. The molecule has 0 atom stereocenters. The molecule has 0 spiro atoms. The van der Waals surface area contributed by atoms with Crippen LogP contribution in [-0.4, -0.2) is 34.6 Å². The van der Waals surface area contributed by atoms with Crippen LogP contribution in [0, 0.1) is 0 Å². The molecule has 108 valence electrons. The highest BCUT2D eigenvalue weighted by atomic mass is 32.2. The van der Waals surface area contributed by atoms with E-state index in [4.69, 9.17) is 0 Å². The smallest absolute Gasteiger partial charge is 0.327 e. The first-order chi connectivity index (χ1) is 9.84. The third-order valence-corrected chi connectivity index (χ3v) is 4.07. The molecular formula is C12H10N4O4S. The van der Waals surface area contributed by atoms with Crippen molar-refractivity contribution in [2.24, 2.45) is 0 Å². The number of nitrogens with zero attached hydrogens (tertiary/aromatic N) is 1. The van der Waals surface area contributed by atoms with Crippen LogP contribution in [0.5, 0.6) is 0 Å². The van der Waals surface area contributed by atoms with Crippen molar-refractivity contribution >= 4 is 21.0 Å². The predicted molar refractivity (Wildman–Crippen MR) is 75.9 cm³/mol. The Morgan fingerprint density at radius 2 is 1.67 bits per heavy atom. The molecule has 0 aliphatic rings. The van der Waals surface area contributed by atoms with Crippen molar-refractivity contribution in [3.63, 3.8) is 0 Å². The van der Waals surface area contributed by atoms with Gasteiger partial charge in [0, 0.05) is 11.8 Å². The van der Waals surface area contributed by atoms with Crippen LogP contribution >= 0.6 is 0 Å². The van der Waals surface area contributed by atoms with Crippen molar-refractivity contribution in [3.8, 4) is 11.4 Å². The van der Waals surface area contributed by atoms with Gasteiger partial charge in [0.15, 0.2) is 15.5 Å². The molecule has 3 N–H and O–H groups in total. The van der Waals surface area contributed by atoms with Crippen molar-refractivity contribution in [2.75, 3.05) is 6.26 Å². The fourth-order valence-corrected chi connectivity index (χ4v) is 2.56. The van der Waals surface area contributed by atoms with Gasteiger partial charge in [-0.25, -0.2) is 18.2 Å². The summed E-state index contributed by atoms with van der Waals surface area (Å²) in [5.74, 6) is 0.359. The number of fused-ring (bicyclic) bond motifs is 1. The monoisotopic (exact) mass is 306 g/mol. The molecule has 0 unspecified atom stereocenters. The van der Waals surface area contributed by atoms with E-state index >= 15 is 0 Å². The third kappa shape index (κ3) is 2.38. The number of hydrogen-bond acceptors (Lipinski definition) is 5. The molecule has 2 heterocycles. The van der Waals surface area contributed by atoms with Crippen LogP contribution in [0.15, 0.2) is 38.8 Å². The molecule has 21 heavy (non-hydrogen) atoms. The lowest BCUT2D eigenvalue weighted by Gasteiger charge is -1.99. The van der Waals surface area contributed by atoms with Crippen molar-refractivity contribution in [3.05, 3.63) is 45.1 Å². The summed E-state index contributed by atoms with van der Waals surface area (Å²) in [5.41, 5.74) is -0.320. The van der Waals surface area contributed by atoms with Crippen LogP contribution in [0.2, 0.25) is 0 Å². The molecule has 0 fully saturated rings. The number of H-pyrrole nitrogens is 3. The Kier molecular flexibility index (Phi) is 2.80. The van der Waals surface area contributed by atoms with Gasteiger partial charge in [0.25, 0.3) is 5.56 Å². The zero-order valence-electron chi connectivity index (χ0n) is 10.8. The normalized spacial score (nSPS) is 11.9. The van der Waals surface area contributed by atoms with E-state index < -0.39 is 21.1 Å². The number of benzene rings is 1. The number of nitrogens with one attached hydrogen (secondary N) is 3. The first-order valence-corrected chi connectivity index (χ1v) is 7.76. The van der Waals surface area contributed by atoms with Gasteiger partial charge in [-0.1, -0.05) is 0 Å². The molecule has 0 amide bonds. The Balaban J connectivity index is 2.15. The van der Waals surface area contributed by atoms with Crippen molar-refractivity contribution in [1.29, 1.82) is 0 Å². The van der Waals surface area contributed by atoms with E-state index in [2.05, 4.69) is 19.9 Å². The van der Waals surface area contributed by atoms with Crippen molar-refractivity contribution < 1.29 is 8.42 Å². The zero-order chi connectivity index (χ0) is 15.2. The van der Waals surface area contributed by atoms with Gasteiger partial charge in [0.2, 0.25) is 0 Å². The SMILES string of the molecule is CS(=O)(=O)c1ccc(-c2nc3[nH]c(=O)[nH]c(=O)c3[nH]2)cc1. The molecule has 0 radical (unpaired) electrons. The zero-order valence-corrected chi connectivity index (χ0v) is 11.6. The second kappa shape index (κ2) is 4.42. The number of aromatic amines is 3. The summed E-state index contributed by atoms with van der Waals surface area (Å²) in [6.45, 7) is 0. The quantitative estimate of drug-likeness (QED) is 0.614. The Labute approximate surface area is 117 Å². The van der Waals surface area contributed by atoms with E-state index in [0.29, 0.717) is 11.4 Å². The van der Waals surface area contributed by atoms with Gasteiger partial charge in [-0.15, -0.1) is 0 Å². The minimum Gasteiger partial charge on any atom is -0.332 e. The van der Waals surface area contributed by atoms with Gasteiger partial charge < -0.3 is 4.98 Å². The Bertz CT molecular complexity index is 1040. The van der Waals surface area contributed by atoms with Gasteiger partial charge in [0.1, 0.15) is 11.3 Å². The van der Waals surface area contributed by atoms with Gasteiger partial charge in [0.05, 0.1) is 4.90 Å². The molecule has 0 saturated carbocycles. The van der Waals surface area contributed by atoms with E-state index in [9.17, 15) is 18.0 Å². The molecule has 0 aliphatic carbocycles. The van der Waals surface area contributed by atoms with Crippen LogP contribution < -0.4 is 11.2 Å². The molecule has 0 saturated heterocycles. The molecule has 2 aromatic heterocycles. The van der Waals surface area contributed by atoms with Crippen LogP contribution in [-0.2, 0) is 9.84 Å². The highest BCUT2D eigenvalue weighted by Crippen LogP contribution is 2.19. The molecule has 3 aromatic rings. The molecule has 1 aromatic carbocycles. The molecule has 0 aliphatic heterocycles. The van der Waals surface area contributed by atoms with Crippen LogP contribution in [0.1, 0.15) is 0 Å². The molecule has 3 rings (SSSR count). The highest BCUT2D eigenvalue weighted by Gasteiger charge is 2.11. The summed E-state index contributed by atoms with van der Waals surface area (Å²) in [6.07, 6.45) is 1.12. The minimum absolute atomic E-state index is 0.144. The van der Waals surface area contributed by atoms with E-state index in [1.165, 1.54) is 12.1 Å². The third-order valence-electron chi connectivity index (χ3n) is 2.95. The fraction of sp³-hybridized carbons (Fsp3) is 0.0833. The Hall–Kier alpha value is -2.68. The van der Waals surface area contributed by atoms with Crippen LogP contribution in [0.25, 0.3) is 22.6 Å². The average Bonchev–Trinajstić information content (AvgIpc) is 2.82. The minimum atomic E-state index is -3.27. The predicted octanol–water partition coefficient (Wildman–Crippen LogP) is 0.01000. The first kappa shape index (κ1) is 13.3. The Morgan fingerprint density at radius 3 is 2.29 bits per heavy atom. The van der Waals surface area contributed by atoms with Gasteiger partial charge in [-0.05, 0) is 24.3 Å². The molecule has 0 bridgehead atoms. The largest absolute Gasteiger partial charge is 0.332 e. The van der Waals surface area contributed by atoms with E-state index in [1.54, 1.807) is 12.1 Å². The summed E-state index contributed by atoms with van der Waals surface area (Å²) < 4.78 is 22.8. The van der Waals surface area contributed by atoms with Gasteiger partial charge in [-0.3, -0.25) is 14.8 Å². The topological polar surface area (TPSA) is 129 Å². The standard InChI is InChI=1S/C12H10N4O4S/c1-21(19,20)7-4-2-6(3-5-7)9-13-8-10(14-9)15-12(18)16-11(8)17/h2-5H,1H3,(H3,13,14,15,16,17,18). The highest BCUT2D eigenvalue weighted by molar-refractivity contribution is 7.90. The second-order valence-electron chi connectivity index (χ2n) is 4.51. The lowest BCUT2D eigenvalue weighted by molar-refractivity contribution is 0.602. The summed E-state index contributed by atoms with van der Waals surface area (Å²) in [5, 5.41) is 0. The summed E-state index contributed by atoms with van der Waals surface area (Å²) in [7, 11) is -3.27. The van der Waals surface area contributed by atoms with Gasteiger partial charge in [-0.2, -0.15) is 0 Å². The van der Waals surface area contributed by atoms with Crippen molar-refractivity contribution in [1.82, 2.24) is 19.9 Å².